The van der Waals surface area contributed by atoms with Crippen LogP contribution in [0.15, 0.2) is 60.0 Å². The SMILES string of the molecule is C=CCN1C(=O)/C(=C/c2ccc(OCCOc3cccc(OC)c3)c(OCC)c2)SC1=S. The molecule has 3 rings (SSSR count). The summed E-state index contributed by atoms with van der Waals surface area (Å²) in [4.78, 5) is 14.6. The summed E-state index contributed by atoms with van der Waals surface area (Å²) >= 11 is 6.57. The molecule has 8 heteroatoms. The van der Waals surface area contributed by atoms with Crippen molar-refractivity contribution in [3.8, 4) is 23.0 Å². The van der Waals surface area contributed by atoms with Gasteiger partial charge < -0.3 is 18.9 Å². The molecular formula is C24H25NO5S2. The van der Waals surface area contributed by atoms with Crippen LogP contribution in [0.2, 0.25) is 0 Å². The summed E-state index contributed by atoms with van der Waals surface area (Å²) in [7, 11) is 1.61. The zero-order chi connectivity index (χ0) is 22.9. The van der Waals surface area contributed by atoms with E-state index in [2.05, 4.69) is 6.58 Å². The Kier molecular flexibility index (Phi) is 8.58. The van der Waals surface area contributed by atoms with Gasteiger partial charge in [0.25, 0.3) is 5.91 Å². The van der Waals surface area contributed by atoms with Crippen molar-refractivity contribution in [2.75, 3.05) is 33.5 Å². The molecule has 1 fully saturated rings. The first-order chi connectivity index (χ1) is 15.5. The highest BCUT2D eigenvalue weighted by molar-refractivity contribution is 8.26. The number of carbonyl (C=O) groups is 1. The first-order valence-electron chi connectivity index (χ1n) is 10.1. The van der Waals surface area contributed by atoms with Crippen molar-refractivity contribution in [1.29, 1.82) is 0 Å². The molecule has 1 amide bonds. The average molecular weight is 472 g/mol. The Balaban J connectivity index is 1.64. The zero-order valence-electron chi connectivity index (χ0n) is 18.0. The van der Waals surface area contributed by atoms with Gasteiger partial charge in [-0.25, -0.2) is 0 Å². The number of thiocarbonyl (C=S) groups is 1. The van der Waals surface area contributed by atoms with Gasteiger partial charge >= 0.3 is 0 Å². The van der Waals surface area contributed by atoms with Crippen molar-refractivity contribution in [3.05, 3.63) is 65.6 Å². The van der Waals surface area contributed by atoms with Crippen molar-refractivity contribution in [2.24, 2.45) is 0 Å². The van der Waals surface area contributed by atoms with Crippen LogP contribution in [-0.2, 0) is 4.79 Å². The standard InChI is InChI=1S/C24H25NO5S2/c1-4-11-25-23(26)22(32-24(25)31)15-17-9-10-20(21(14-17)28-5-2)30-13-12-29-19-8-6-7-18(16-19)27-3/h4,6-10,14-16H,1,5,11-13H2,2-3H3/b22-15-. The van der Waals surface area contributed by atoms with Gasteiger partial charge in [-0.2, -0.15) is 0 Å². The molecule has 0 radical (unpaired) electrons. The van der Waals surface area contributed by atoms with E-state index >= 15 is 0 Å². The van der Waals surface area contributed by atoms with Crippen molar-refractivity contribution in [2.45, 2.75) is 6.92 Å². The van der Waals surface area contributed by atoms with E-state index in [4.69, 9.17) is 31.2 Å². The van der Waals surface area contributed by atoms with Gasteiger partial charge in [0.2, 0.25) is 0 Å². The summed E-state index contributed by atoms with van der Waals surface area (Å²) in [5, 5.41) is 0. The number of hydrogen-bond acceptors (Lipinski definition) is 7. The second-order valence-electron chi connectivity index (χ2n) is 6.60. The van der Waals surface area contributed by atoms with Crippen LogP contribution >= 0.6 is 24.0 Å². The van der Waals surface area contributed by atoms with Crippen LogP contribution in [0.4, 0.5) is 0 Å². The van der Waals surface area contributed by atoms with Gasteiger partial charge in [0.1, 0.15) is 29.0 Å². The fourth-order valence-corrected chi connectivity index (χ4v) is 4.22. The number of nitrogens with zero attached hydrogens (tertiary/aromatic N) is 1. The summed E-state index contributed by atoms with van der Waals surface area (Å²) in [6, 6.07) is 13.0. The predicted molar refractivity (Wildman–Crippen MR) is 132 cm³/mol. The number of rotatable bonds is 11. The van der Waals surface area contributed by atoms with Crippen LogP contribution in [-0.4, -0.2) is 48.6 Å². The molecule has 0 N–H and O–H groups in total. The maximum Gasteiger partial charge on any atom is 0.266 e. The van der Waals surface area contributed by atoms with E-state index in [1.807, 2.05) is 49.4 Å². The van der Waals surface area contributed by atoms with Crippen molar-refractivity contribution < 1.29 is 23.7 Å². The maximum absolute atomic E-state index is 12.5. The zero-order valence-corrected chi connectivity index (χ0v) is 19.7. The fourth-order valence-electron chi connectivity index (χ4n) is 2.94. The Morgan fingerprint density at radius 1 is 1.06 bits per heavy atom. The quantitative estimate of drug-likeness (QED) is 0.199. The number of ether oxygens (including phenoxy) is 4. The predicted octanol–water partition coefficient (Wildman–Crippen LogP) is 4.94. The molecule has 2 aromatic rings. The summed E-state index contributed by atoms with van der Waals surface area (Å²) in [5.74, 6) is 2.54. The van der Waals surface area contributed by atoms with E-state index in [1.165, 1.54) is 16.7 Å². The minimum absolute atomic E-state index is 0.118. The highest BCUT2D eigenvalue weighted by atomic mass is 32.2. The number of thioether (sulfide) groups is 1. The van der Waals surface area contributed by atoms with Crippen molar-refractivity contribution in [3.63, 3.8) is 0 Å². The normalized spacial score (nSPS) is 14.6. The summed E-state index contributed by atoms with van der Waals surface area (Å²) in [6.07, 6.45) is 3.46. The lowest BCUT2D eigenvalue weighted by molar-refractivity contribution is -0.121. The van der Waals surface area contributed by atoms with Gasteiger partial charge in [-0.3, -0.25) is 9.69 Å². The van der Waals surface area contributed by atoms with Gasteiger partial charge in [0, 0.05) is 12.6 Å². The van der Waals surface area contributed by atoms with Crippen LogP contribution < -0.4 is 18.9 Å². The molecule has 1 aliphatic rings. The summed E-state index contributed by atoms with van der Waals surface area (Å²) in [5.41, 5.74) is 0.826. The summed E-state index contributed by atoms with van der Waals surface area (Å²) in [6.45, 7) is 7.18. The molecular weight excluding hydrogens is 446 g/mol. The minimum atomic E-state index is -0.118. The molecule has 168 valence electrons. The Hall–Kier alpha value is -2.97. The molecule has 0 bridgehead atoms. The van der Waals surface area contributed by atoms with Gasteiger partial charge in [0.05, 0.1) is 18.6 Å². The van der Waals surface area contributed by atoms with Crippen LogP contribution in [0.3, 0.4) is 0 Å². The number of amides is 1. The molecule has 0 spiro atoms. The van der Waals surface area contributed by atoms with Gasteiger partial charge in [-0.15, -0.1) is 6.58 Å². The Morgan fingerprint density at radius 3 is 2.59 bits per heavy atom. The van der Waals surface area contributed by atoms with E-state index < -0.39 is 0 Å². The lowest BCUT2D eigenvalue weighted by atomic mass is 10.2. The fraction of sp³-hybridized carbons (Fsp3) is 0.250. The third-order valence-corrected chi connectivity index (χ3v) is 5.78. The van der Waals surface area contributed by atoms with Crippen molar-refractivity contribution >= 4 is 40.3 Å². The van der Waals surface area contributed by atoms with Crippen molar-refractivity contribution in [1.82, 2.24) is 4.90 Å². The molecule has 0 saturated carbocycles. The highest BCUT2D eigenvalue weighted by Crippen LogP contribution is 2.34. The smallest absolute Gasteiger partial charge is 0.266 e. The Labute approximate surface area is 197 Å². The number of hydrogen-bond donors (Lipinski definition) is 0. The molecule has 1 heterocycles. The van der Waals surface area contributed by atoms with E-state index in [9.17, 15) is 4.79 Å². The van der Waals surface area contributed by atoms with Gasteiger partial charge in [-0.05, 0) is 42.8 Å². The molecule has 2 aromatic carbocycles. The first kappa shape index (κ1) is 23.7. The second kappa shape index (κ2) is 11.6. The minimum Gasteiger partial charge on any atom is -0.497 e. The lowest BCUT2D eigenvalue weighted by Gasteiger charge is -2.13. The van der Waals surface area contributed by atoms with Crippen LogP contribution in [0.5, 0.6) is 23.0 Å². The molecule has 0 aromatic heterocycles. The van der Waals surface area contributed by atoms with E-state index in [1.54, 1.807) is 19.3 Å². The summed E-state index contributed by atoms with van der Waals surface area (Å²) < 4.78 is 23.0. The van der Waals surface area contributed by atoms with E-state index in [0.29, 0.717) is 52.8 Å². The molecule has 1 saturated heterocycles. The molecule has 6 nitrogen and oxygen atoms in total. The molecule has 1 aliphatic heterocycles. The monoisotopic (exact) mass is 471 g/mol. The number of methoxy groups -OCH3 is 1. The molecule has 0 atom stereocenters. The molecule has 32 heavy (non-hydrogen) atoms. The average Bonchev–Trinajstić information content (AvgIpc) is 3.06. The first-order valence-corrected chi connectivity index (χ1v) is 11.3. The highest BCUT2D eigenvalue weighted by Gasteiger charge is 2.31. The van der Waals surface area contributed by atoms with E-state index in [-0.39, 0.29) is 5.91 Å². The van der Waals surface area contributed by atoms with Gasteiger partial charge in [-0.1, -0.05) is 42.2 Å². The van der Waals surface area contributed by atoms with Crippen LogP contribution in [0.1, 0.15) is 12.5 Å². The van der Waals surface area contributed by atoms with Gasteiger partial charge in [0.15, 0.2) is 11.5 Å². The van der Waals surface area contributed by atoms with E-state index in [0.717, 1.165) is 11.3 Å². The molecule has 0 aliphatic carbocycles. The largest absolute Gasteiger partial charge is 0.497 e. The Bertz CT molecular complexity index is 1020. The topological polar surface area (TPSA) is 57.2 Å². The second-order valence-corrected chi connectivity index (χ2v) is 8.27. The number of benzene rings is 2. The molecule has 0 unspecified atom stereocenters. The number of carbonyl (C=O) groups excluding carboxylic acids is 1. The lowest BCUT2D eigenvalue weighted by Crippen LogP contribution is -2.27. The van der Waals surface area contributed by atoms with Crippen LogP contribution in [0, 0.1) is 0 Å². The van der Waals surface area contributed by atoms with Crippen LogP contribution in [0.25, 0.3) is 6.08 Å². The Morgan fingerprint density at radius 2 is 1.84 bits per heavy atom. The third-order valence-electron chi connectivity index (χ3n) is 4.40. The third kappa shape index (κ3) is 6.05. The maximum atomic E-state index is 12.5.